The van der Waals surface area contributed by atoms with Crippen LogP contribution >= 0.6 is 0 Å². The van der Waals surface area contributed by atoms with Crippen molar-refractivity contribution in [3.8, 4) is 0 Å². The van der Waals surface area contributed by atoms with Crippen LogP contribution in [0.15, 0.2) is 30.3 Å². The molecule has 4 nitrogen and oxygen atoms in total. The first kappa shape index (κ1) is 17.5. The van der Waals surface area contributed by atoms with Crippen LogP contribution in [0.3, 0.4) is 0 Å². The van der Waals surface area contributed by atoms with E-state index in [1.54, 1.807) is 0 Å². The molecule has 7 heteroatoms. The van der Waals surface area contributed by atoms with Gasteiger partial charge in [-0.15, -0.1) is 0 Å². The van der Waals surface area contributed by atoms with Crippen LogP contribution in [0.4, 0.5) is 18.9 Å². The number of benzene rings is 2. The molecule has 0 aliphatic carbocycles. The minimum atomic E-state index is -1.73. The predicted molar refractivity (Wildman–Crippen MR) is 83.2 cm³/mol. The molecule has 0 fully saturated rings. The highest BCUT2D eigenvalue weighted by atomic mass is 19.2. The van der Waals surface area contributed by atoms with E-state index in [4.69, 9.17) is 0 Å². The van der Waals surface area contributed by atoms with Gasteiger partial charge in [0.05, 0.1) is 12.1 Å². The maximum Gasteiger partial charge on any atom is 0.254 e. The molecular formula is C17H15F3N2O2. The van der Waals surface area contributed by atoms with Gasteiger partial charge in [0, 0.05) is 5.69 Å². The van der Waals surface area contributed by atoms with Crippen LogP contribution in [0.1, 0.15) is 21.5 Å². The zero-order valence-corrected chi connectivity index (χ0v) is 13.0. The van der Waals surface area contributed by atoms with Crippen molar-refractivity contribution in [2.24, 2.45) is 0 Å². The largest absolute Gasteiger partial charge is 0.343 e. The summed E-state index contributed by atoms with van der Waals surface area (Å²) in [5.41, 5.74) is 1.65. The Kier molecular flexibility index (Phi) is 5.23. The molecule has 0 radical (unpaired) electrons. The summed E-state index contributed by atoms with van der Waals surface area (Å²) >= 11 is 0. The molecule has 0 bridgehead atoms. The molecule has 126 valence electrons. The smallest absolute Gasteiger partial charge is 0.254 e. The second-order valence-corrected chi connectivity index (χ2v) is 5.22. The summed E-state index contributed by atoms with van der Waals surface area (Å²) in [6, 6.07) is 6.93. The van der Waals surface area contributed by atoms with Crippen LogP contribution in [0, 0.1) is 31.3 Å². The molecule has 2 rings (SSSR count). The van der Waals surface area contributed by atoms with Crippen molar-refractivity contribution in [2.75, 3.05) is 11.9 Å². The SMILES string of the molecule is Cc1cccc(C)c1NC(=O)CNC(=O)c1ccc(F)c(F)c1F. The van der Waals surface area contributed by atoms with Crippen molar-refractivity contribution in [3.63, 3.8) is 0 Å². The maximum absolute atomic E-state index is 13.5. The highest BCUT2D eigenvalue weighted by Gasteiger charge is 2.19. The van der Waals surface area contributed by atoms with E-state index in [-0.39, 0.29) is 0 Å². The molecule has 0 unspecified atom stereocenters. The number of nitrogens with one attached hydrogen (secondary N) is 2. The first-order valence-corrected chi connectivity index (χ1v) is 7.09. The number of amides is 2. The topological polar surface area (TPSA) is 58.2 Å². The molecule has 0 saturated carbocycles. The molecule has 2 aromatic rings. The first-order valence-electron chi connectivity index (χ1n) is 7.09. The summed E-state index contributed by atoms with van der Waals surface area (Å²) in [6.07, 6.45) is 0. The van der Waals surface area contributed by atoms with Gasteiger partial charge in [-0.3, -0.25) is 9.59 Å². The lowest BCUT2D eigenvalue weighted by molar-refractivity contribution is -0.115. The third kappa shape index (κ3) is 3.73. The third-order valence-corrected chi connectivity index (χ3v) is 3.43. The lowest BCUT2D eigenvalue weighted by Gasteiger charge is -2.12. The van der Waals surface area contributed by atoms with Gasteiger partial charge in [0.25, 0.3) is 5.91 Å². The molecule has 0 saturated heterocycles. The maximum atomic E-state index is 13.5. The van der Waals surface area contributed by atoms with Crippen LogP contribution in [0.2, 0.25) is 0 Å². The summed E-state index contributed by atoms with van der Waals surface area (Å²) in [5.74, 6) is -6.26. The van der Waals surface area contributed by atoms with Gasteiger partial charge in [-0.1, -0.05) is 18.2 Å². The fourth-order valence-electron chi connectivity index (χ4n) is 2.15. The van der Waals surface area contributed by atoms with Gasteiger partial charge < -0.3 is 10.6 Å². The van der Waals surface area contributed by atoms with Crippen LogP contribution in [-0.2, 0) is 4.79 Å². The van der Waals surface area contributed by atoms with Crippen LogP contribution in [0.25, 0.3) is 0 Å². The molecule has 2 N–H and O–H groups in total. The molecule has 24 heavy (non-hydrogen) atoms. The van der Waals surface area contributed by atoms with E-state index in [1.807, 2.05) is 32.0 Å². The number of aryl methyl sites for hydroxylation is 2. The minimum absolute atomic E-state index is 0.439. The van der Waals surface area contributed by atoms with Crippen molar-refractivity contribution >= 4 is 17.5 Å². The second kappa shape index (κ2) is 7.16. The predicted octanol–water partition coefficient (Wildman–Crippen LogP) is 3.09. The Morgan fingerprint density at radius 1 is 0.958 bits per heavy atom. The van der Waals surface area contributed by atoms with Crippen molar-refractivity contribution in [1.29, 1.82) is 0 Å². The Hall–Kier alpha value is -2.83. The number of hydrogen-bond acceptors (Lipinski definition) is 2. The summed E-state index contributed by atoms with van der Waals surface area (Å²) < 4.78 is 39.5. The van der Waals surface area contributed by atoms with E-state index in [1.165, 1.54) is 0 Å². The Bertz CT molecular complexity index is 786. The molecule has 0 aliphatic heterocycles. The van der Waals surface area contributed by atoms with Gasteiger partial charge in [-0.2, -0.15) is 0 Å². The van der Waals surface area contributed by atoms with E-state index in [2.05, 4.69) is 10.6 Å². The summed E-state index contributed by atoms with van der Waals surface area (Å²) in [6.45, 7) is 3.20. The Morgan fingerprint density at radius 3 is 2.21 bits per heavy atom. The standard InChI is InChI=1S/C17H15F3N2O2/c1-9-4-3-5-10(2)16(9)22-13(23)8-21-17(24)11-6-7-12(18)15(20)14(11)19/h3-7H,8H2,1-2H3,(H,21,24)(H,22,23). The van der Waals surface area contributed by atoms with Gasteiger partial charge in [0.2, 0.25) is 5.91 Å². The van der Waals surface area contributed by atoms with E-state index >= 15 is 0 Å². The van der Waals surface area contributed by atoms with Crippen LogP contribution in [-0.4, -0.2) is 18.4 Å². The molecular weight excluding hydrogens is 321 g/mol. The van der Waals surface area contributed by atoms with Crippen molar-refractivity contribution < 1.29 is 22.8 Å². The molecule has 0 heterocycles. The number of carbonyl (C=O) groups excluding carboxylic acids is 2. The van der Waals surface area contributed by atoms with Gasteiger partial charge >= 0.3 is 0 Å². The van der Waals surface area contributed by atoms with Crippen molar-refractivity contribution in [1.82, 2.24) is 5.32 Å². The molecule has 0 atom stereocenters. The number of hydrogen-bond donors (Lipinski definition) is 2. The monoisotopic (exact) mass is 336 g/mol. The van der Waals surface area contributed by atoms with Gasteiger partial charge in [-0.05, 0) is 37.1 Å². The quantitative estimate of drug-likeness (QED) is 0.843. The molecule has 2 amide bonds. The summed E-state index contributed by atoms with van der Waals surface area (Å²) in [4.78, 5) is 23.7. The van der Waals surface area contributed by atoms with Gasteiger partial charge in [0.15, 0.2) is 17.5 Å². The zero-order chi connectivity index (χ0) is 17.9. The average molecular weight is 336 g/mol. The number of carbonyl (C=O) groups is 2. The highest BCUT2D eigenvalue weighted by molar-refractivity contribution is 6.00. The molecule has 0 spiro atoms. The average Bonchev–Trinajstić information content (AvgIpc) is 2.54. The second-order valence-electron chi connectivity index (χ2n) is 5.22. The van der Waals surface area contributed by atoms with Crippen LogP contribution < -0.4 is 10.6 Å². The Balaban J connectivity index is 2.02. The lowest BCUT2D eigenvalue weighted by Crippen LogP contribution is -2.33. The fraction of sp³-hybridized carbons (Fsp3) is 0.176. The Morgan fingerprint density at radius 2 is 1.58 bits per heavy atom. The van der Waals surface area contributed by atoms with Crippen molar-refractivity contribution in [3.05, 3.63) is 64.5 Å². The highest BCUT2D eigenvalue weighted by Crippen LogP contribution is 2.19. The fourth-order valence-corrected chi connectivity index (χ4v) is 2.15. The van der Waals surface area contributed by atoms with Crippen LogP contribution in [0.5, 0.6) is 0 Å². The minimum Gasteiger partial charge on any atom is -0.343 e. The zero-order valence-electron chi connectivity index (χ0n) is 13.0. The molecule has 0 aromatic heterocycles. The van der Waals surface area contributed by atoms with E-state index in [0.29, 0.717) is 11.8 Å². The van der Waals surface area contributed by atoms with Crippen molar-refractivity contribution in [2.45, 2.75) is 13.8 Å². The number of anilines is 1. The van der Waals surface area contributed by atoms with Gasteiger partial charge in [0.1, 0.15) is 0 Å². The number of rotatable bonds is 4. The summed E-state index contributed by atoms with van der Waals surface area (Å²) in [7, 11) is 0. The first-order chi connectivity index (χ1) is 11.3. The van der Waals surface area contributed by atoms with E-state index < -0.39 is 41.4 Å². The Labute approximate surface area is 136 Å². The molecule has 2 aromatic carbocycles. The molecule has 0 aliphatic rings. The summed E-state index contributed by atoms with van der Waals surface area (Å²) in [5, 5.41) is 4.80. The van der Waals surface area contributed by atoms with E-state index in [9.17, 15) is 22.8 Å². The van der Waals surface area contributed by atoms with Gasteiger partial charge in [-0.25, -0.2) is 13.2 Å². The number of para-hydroxylation sites is 1. The third-order valence-electron chi connectivity index (χ3n) is 3.43. The normalized spacial score (nSPS) is 10.4. The number of halogens is 3. The van der Waals surface area contributed by atoms with E-state index in [0.717, 1.165) is 17.2 Å². The lowest BCUT2D eigenvalue weighted by atomic mass is 10.1.